The zero-order chi connectivity index (χ0) is 17.9. The van der Waals surface area contributed by atoms with Crippen LogP contribution in [0, 0.1) is 5.41 Å². The summed E-state index contributed by atoms with van der Waals surface area (Å²) >= 11 is 0. The molecule has 0 aromatic heterocycles. The smallest absolute Gasteiger partial charge is 0.249 e. The van der Waals surface area contributed by atoms with Gasteiger partial charge in [-0.3, -0.25) is 9.59 Å². The van der Waals surface area contributed by atoms with E-state index in [9.17, 15) is 9.59 Å². The second kappa shape index (κ2) is 7.24. The molecule has 0 N–H and O–H groups in total. The van der Waals surface area contributed by atoms with Crippen molar-refractivity contribution in [3.63, 3.8) is 0 Å². The van der Waals surface area contributed by atoms with Gasteiger partial charge < -0.3 is 14.5 Å². The van der Waals surface area contributed by atoms with E-state index in [-0.39, 0.29) is 17.2 Å². The first-order valence-corrected chi connectivity index (χ1v) is 8.56. The average molecular weight is 332 g/mol. The fourth-order valence-electron chi connectivity index (χ4n) is 2.93. The van der Waals surface area contributed by atoms with Crippen LogP contribution in [0.1, 0.15) is 41.0 Å². The number of piperazine rings is 1. The van der Waals surface area contributed by atoms with Crippen molar-refractivity contribution >= 4 is 17.5 Å². The van der Waals surface area contributed by atoms with Gasteiger partial charge >= 0.3 is 0 Å². The van der Waals surface area contributed by atoms with Crippen molar-refractivity contribution in [2.45, 2.75) is 47.1 Å². The number of carbonyl (C=O) groups excluding carboxylic acids is 2. The van der Waals surface area contributed by atoms with E-state index in [1.54, 1.807) is 16.7 Å². The van der Waals surface area contributed by atoms with Gasteiger partial charge in [-0.25, -0.2) is 0 Å². The van der Waals surface area contributed by atoms with E-state index in [2.05, 4.69) is 0 Å². The van der Waals surface area contributed by atoms with Gasteiger partial charge in [0.2, 0.25) is 11.8 Å². The zero-order valence-corrected chi connectivity index (χ0v) is 15.3. The van der Waals surface area contributed by atoms with Crippen molar-refractivity contribution in [3.05, 3.63) is 24.3 Å². The Morgan fingerprint density at radius 3 is 2.62 bits per heavy atom. The lowest BCUT2D eigenvalue weighted by Crippen LogP contribution is -2.58. The van der Waals surface area contributed by atoms with Crippen LogP contribution < -0.4 is 9.64 Å². The number of ether oxygens (including phenoxy) is 1. The van der Waals surface area contributed by atoms with Crippen LogP contribution in [0.3, 0.4) is 0 Å². The molecular formula is C19H28N2O3. The van der Waals surface area contributed by atoms with Gasteiger partial charge in [0, 0.05) is 31.3 Å². The zero-order valence-electron chi connectivity index (χ0n) is 15.3. The molecule has 132 valence electrons. The maximum absolute atomic E-state index is 12.8. The van der Waals surface area contributed by atoms with Crippen molar-refractivity contribution in [1.82, 2.24) is 4.90 Å². The molecule has 0 bridgehead atoms. The number of hydrogen-bond acceptors (Lipinski definition) is 3. The molecular weight excluding hydrogens is 304 g/mol. The van der Waals surface area contributed by atoms with Crippen LogP contribution in [0.4, 0.5) is 5.69 Å². The molecule has 1 heterocycles. The number of carbonyl (C=O) groups is 2. The Morgan fingerprint density at radius 1 is 1.29 bits per heavy atom. The molecule has 1 unspecified atom stereocenters. The lowest BCUT2D eigenvalue weighted by molar-refractivity contribution is -0.142. The maximum Gasteiger partial charge on any atom is 0.249 e. The second-order valence-electron chi connectivity index (χ2n) is 7.42. The molecule has 5 heteroatoms. The number of anilines is 1. The van der Waals surface area contributed by atoms with E-state index in [4.69, 9.17) is 4.74 Å². The topological polar surface area (TPSA) is 49.9 Å². The largest absolute Gasteiger partial charge is 0.494 e. The van der Waals surface area contributed by atoms with Crippen LogP contribution in [-0.2, 0) is 9.59 Å². The third-order valence-corrected chi connectivity index (χ3v) is 4.10. The van der Waals surface area contributed by atoms with E-state index in [1.807, 2.05) is 52.0 Å². The Morgan fingerprint density at radius 2 is 2.00 bits per heavy atom. The SMILES string of the molecule is CCOc1cccc(N2CCN(C(=O)CC(C)(C)C)C(C)C2=O)c1. The molecule has 24 heavy (non-hydrogen) atoms. The van der Waals surface area contributed by atoms with Crippen molar-refractivity contribution in [1.29, 1.82) is 0 Å². The fraction of sp³-hybridized carbons (Fsp3) is 0.579. The molecule has 1 aromatic rings. The van der Waals surface area contributed by atoms with Crippen LogP contribution in [0.5, 0.6) is 5.75 Å². The molecule has 0 spiro atoms. The Bertz CT molecular complexity index is 607. The maximum atomic E-state index is 12.8. The molecule has 1 aliphatic rings. The molecule has 2 rings (SSSR count). The lowest BCUT2D eigenvalue weighted by atomic mass is 9.91. The molecule has 2 amide bonds. The summed E-state index contributed by atoms with van der Waals surface area (Å²) in [5.41, 5.74) is 0.740. The molecule has 5 nitrogen and oxygen atoms in total. The fourth-order valence-corrected chi connectivity index (χ4v) is 2.93. The summed E-state index contributed by atoms with van der Waals surface area (Å²) in [6.07, 6.45) is 0.449. The van der Waals surface area contributed by atoms with Crippen LogP contribution in [0.15, 0.2) is 24.3 Å². The standard InChI is InChI=1S/C19H28N2O3/c1-6-24-16-9-7-8-15(12-16)21-11-10-20(14(2)18(21)23)17(22)13-19(3,4)5/h7-9,12,14H,6,10-11,13H2,1-5H3. The van der Waals surface area contributed by atoms with E-state index < -0.39 is 6.04 Å². The molecule has 1 aromatic carbocycles. The highest BCUT2D eigenvalue weighted by molar-refractivity contribution is 6.00. The summed E-state index contributed by atoms with van der Waals surface area (Å²) in [7, 11) is 0. The Labute approximate surface area is 144 Å². The first-order valence-electron chi connectivity index (χ1n) is 8.56. The van der Waals surface area contributed by atoms with Gasteiger partial charge in [0.25, 0.3) is 0 Å². The third-order valence-electron chi connectivity index (χ3n) is 4.10. The number of nitrogens with zero attached hydrogens (tertiary/aromatic N) is 2. The highest BCUT2D eigenvalue weighted by Gasteiger charge is 2.36. The highest BCUT2D eigenvalue weighted by Crippen LogP contribution is 2.26. The Kier molecular flexibility index (Phi) is 5.52. The van der Waals surface area contributed by atoms with Gasteiger partial charge in [-0.15, -0.1) is 0 Å². The highest BCUT2D eigenvalue weighted by atomic mass is 16.5. The van der Waals surface area contributed by atoms with E-state index in [1.165, 1.54) is 0 Å². The van der Waals surface area contributed by atoms with E-state index >= 15 is 0 Å². The van der Waals surface area contributed by atoms with Gasteiger partial charge in [-0.2, -0.15) is 0 Å². The minimum Gasteiger partial charge on any atom is -0.494 e. The first kappa shape index (κ1) is 18.3. The van der Waals surface area contributed by atoms with Crippen molar-refractivity contribution in [3.8, 4) is 5.75 Å². The lowest BCUT2D eigenvalue weighted by Gasteiger charge is -2.40. The number of rotatable bonds is 4. The number of hydrogen-bond donors (Lipinski definition) is 0. The van der Waals surface area contributed by atoms with Crippen LogP contribution in [0.25, 0.3) is 0 Å². The normalized spacial score (nSPS) is 18.7. The van der Waals surface area contributed by atoms with Gasteiger partial charge in [0.1, 0.15) is 11.8 Å². The van der Waals surface area contributed by atoms with E-state index in [0.29, 0.717) is 26.1 Å². The minimum absolute atomic E-state index is 0.0443. The number of benzene rings is 1. The molecule has 1 saturated heterocycles. The number of amides is 2. The predicted octanol–water partition coefficient (Wildman–Crippen LogP) is 3.09. The van der Waals surface area contributed by atoms with Gasteiger partial charge in [-0.1, -0.05) is 26.8 Å². The van der Waals surface area contributed by atoms with E-state index in [0.717, 1.165) is 11.4 Å². The van der Waals surface area contributed by atoms with Crippen LogP contribution in [-0.4, -0.2) is 42.5 Å². The Hall–Kier alpha value is -2.04. The van der Waals surface area contributed by atoms with Crippen LogP contribution >= 0.6 is 0 Å². The third kappa shape index (κ3) is 4.28. The summed E-state index contributed by atoms with van der Waals surface area (Å²) in [5.74, 6) is 0.755. The summed E-state index contributed by atoms with van der Waals surface area (Å²) < 4.78 is 5.51. The van der Waals surface area contributed by atoms with Crippen molar-refractivity contribution < 1.29 is 14.3 Å². The predicted molar refractivity (Wildman–Crippen MR) is 95.2 cm³/mol. The van der Waals surface area contributed by atoms with Crippen molar-refractivity contribution in [2.24, 2.45) is 5.41 Å². The summed E-state index contributed by atoms with van der Waals surface area (Å²) in [5, 5.41) is 0. The summed E-state index contributed by atoms with van der Waals surface area (Å²) in [6, 6.07) is 7.10. The molecule has 0 saturated carbocycles. The minimum atomic E-state index is -0.440. The van der Waals surface area contributed by atoms with Crippen molar-refractivity contribution in [2.75, 3.05) is 24.6 Å². The van der Waals surface area contributed by atoms with Gasteiger partial charge in [0.15, 0.2) is 0 Å². The second-order valence-corrected chi connectivity index (χ2v) is 7.42. The molecule has 1 fully saturated rings. The quantitative estimate of drug-likeness (QED) is 0.851. The summed E-state index contributed by atoms with van der Waals surface area (Å²) in [6.45, 7) is 11.5. The van der Waals surface area contributed by atoms with Gasteiger partial charge in [-0.05, 0) is 31.4 Å². The molecule has 0 radical (unpaired) electrons. The monoisotopic (exact) mass is 332 g/mol. The summed E-state index contributed by atoms with van der Waals surface area (Å²) in [4.78, 5) is 28.7. The van der Waals surface area contributed by atoms with Gasteiger partial charge in [0.05, 0.1) is 6.61 Å². The first-order chi connectivity index (χ1) is 11.2. The molecule has 1 atom stereocenters. The Balaban J connectivity index is 2.12. The van der Waals surface area contributed by atoms with Crippen LogP contribution in [0.2, 0.25) is 0 Å². The molecule has 0 aliphatic carbocycles. The average Bonchev–Trinajstić information content (AvgIpc) is 2.48. The molecule has 1 aliphatic heterocycles.